The van der Waals surface area contributed by atoms with Crippen molar-refractivity contribution in [2.24, 2.45) is 5.41 Å². The molecule has 0 spiro atoms. The van der Waals surface area contributed by atoms with Crippen LogP contribution in [0.5, 0.6) is 0 Å². The van der Waals surface area contributed by atoms with Crippen LogP contribution < -0.4 is 5.32 Å². The Kier molecular flexibility index (Phi) is 3.53. The van der Waals surface area contributed by atoms with Crippen molar-refractivity contribution in [3.8, 4) is 0 Å². The fourth-order valence-electron chi connectivity index (χ4n) is 2.96. The van der Waals surface area contributed by atoms with Gasteiger partial charge in [0.25, 0.3) is 0 Å². The third-order valence-electron chi connectivity index (χ3n) is 5.03. The maximum atomic E-state index is 3.65. The fraction of sp³-hybridized carbons (Fsp3) is 0.647. The second-order valence-electron chi connectivity index (χ2n) is 6.70. The SMILES string of the molecule is CC(Nc1ccc(CN2CCCC2)cc1)C1(C)CC1. The van der Waals surface area contributed by atoms with Crippen LogP contribution in [0.15, 0.2) is 24.3 Å². The van der Waals surface area contributed by atoms with Crippen molar-refractivity contribution in [3.63, 3.8) is 0 Å². The highest BCUT2D eigenvalue weighted by Crippen LogP contribution is 2.48. The molecular formula is C17H26N2. The van der Waals surface area contributed by atoms with Gasteiger partial charge in [-0.15, -0.1) is 0 Å². The zero-order valence-corrected chi connectivity index (χ0v) is 12.3. The van der Waals surface area contributed by atoms with Crippen LogP contribution in [0.3, 0.4) is 0 Å². The normalized spacial score (nSPS) is 23.3. The zero-order valence-electron chi connectivity index (χ0n) is 12.3. The highest BCUT2D eigenvalue weighted by atomic mass is 15.1. The van der Waals surface area contributed by atoms with E-state index in [2.05, 4.69) is 48.3 Å². The Morgan fingerprint density at radius 3 is 2.37 bits per heavy atom. The Balaban J connectivity index is 1.56. The first kappa shape index (κ1) is 13.0. The molecule has 19 heavy (non-hydrogen) atoms. The Morgan fingerprint density at radius 1 is 1.16 bits per heavy atom. The molecule has 104 valence electrons. The summed E-state index contributed by atoms with van der Waals surface area (Å²) in [4.78, 5) is 2.55. The van der Waals surface area contributed by atoms with Crippen LogP contribution in [0.2, 0.25) is 0 Å². The van der Waals surface area contributed by atoms with Crippen molar-refractivity contribution in [3.05, 3.63) is 29.8 Å². The molecule has 1 unspecified atom stereocenters. The third-order valence-corrected chi connectivity index (χ3v) is 5.03. The molecule has 1 heterocycles. The maximum Gasteiger partial charge on any atom is 0.0342 e. The minimum atomic E-state index is 0.536. The van der Waals surface area contributed by atoms with E-state index in [1.165, 1.54) is 50.0 Å². The van der Waals surface area contributed by atoms with Gasteiger partial charge in [-0.25, -0.2) is 0 Å². The van der Waals surface area contributed by atoms with Gasteiger partial charge in [-0.2, -0.15) is 0 Å². The number of anilines is 1. The number of nitrogens with zero attached hydrogens (tertiary/aromatic N) is 1. The first-order valence-corrected chi connectivity index (χ1v) is 7.74. The van der Waals surface area contributed by atoms with Crippen molar-refractivity contribution < 1.29 is 0 Å². The van der Waals surface area contributed by atoms with Crippen LogP contribution in [0.4, 0.5) is 5.69 Å². The molecule has 1 aliphatic heterocycles. The molecular weight excluding hydrogens is 232 g/mol. The second kappa shape index (κ2) is 5.16. The van der Waals surface area contributed by atoms with Crippen molar-refractivity contribution in [1.82, 2.24) is 4.90 Å². The summed E-state index contributed by atoms with van der Waals surface area (Å²) in [5, 5.41) is 3.65. The number of benzene rings is 1. The van der Waals surface area contributed by atoms with E-state index in [-0.39, 0.29) is 0 Å². The predicted molar refractivity (Wildman–Crippen MR) is 81.4 cm³/mol. The van der Waals surface area contributed by atoms with Crippen molar-refractivity contribution in [2.75, 3.05) is 18.4 Å². The van der Waals surface area contributed by atoms with Crippen LogP contribution in [0.25, 0.3) is 0 Å². The van der Waals surface area contributed by atoms with E-state index in [9.17, 15) is 0 Å². The van der Waals surface area contributed by atoms with Gasteiger partial charge in [0.15, 0.2) is 0 Å². The Bertz CT molecular complexity index is 413. The first-order valence-electron chi connectivity index (χ1n) is 7.74. The van der Waals surface area contributed by atoms with E-state index in [1.54, 1.807) is 0 Å². The standard InChI is InChI=1S/C17H26N2/c1-14(17(2)9-10-17)18-16-7-5-15(6-8-16)13-19-11-3-4-12-19/h5-8,14,18H,3-4,9-13H2,1-2H3. The average molecular weight is 258 g/mol. The molecule has 1 atom stereocenters. The quantitative estimate of drug-likeness (QED) is 0.862. The van der Waals surface area contributed by atoms with E-state index in [0.717, 1.165) is 6.54 Å². The van der Waals surface area contributed by atoms with Crippen LogP contribution in [0, 0.1) is 5.41 Å². The lowest BCUT2D eigenvalue weighted by Gasteiger charge is -2.22. The fourth-order valence-corrected chi connectivity index (χ4v) is 2.96. The Labute approximate surface area is 117 Å². The molecule has 2 heteroatoms. The summed E-state index contributed by atoms with van der Waals surface area (Å²) in [6, 6.07) is 9.63. The molecule has 0 radical (unpaired) electrons. The molecule has 3 rings (SSSR count). The second-order valence-corrected chi connectivity index (χ2v) is 6.70. The lowest BCUT2D eigenvalue weighted by atomic mass is 10.0. The van der Waals surface area contributed by atoms with Crippen LogP contribution >= 0.6 is 0 Å². The molecule has 2 aliphatic rings. The van der Waals surface area contributed by atoms with E-state index in [4.69, 9.17) is 0 Å². The number of likely N-dealkylation sites (tertiary alicyclic amines) is 1. The predicted octanol–water partition coefficient (Wildman–Crippen LogP) is 3.88. The monoisotopic (exact) mass is 258 g/mol. The van der Waals surface area contributed by atoms with E-state index < -0.39 is 0 Å². The minimum Gasteiger partial charge on any atom is -0.382 e. The molecule has 1 N–H and O–H groups in total. The topological polar surface area (TPSA) is 15.3 Å². The highest BCUT2D eigenvalue weighted by molar-refractivity contribution is 5.46. The molecule has 0 amide bonds. The van der Waals surface area contributed by atoms with Gasteiger partial charge >= 0.3 is 0 Å². The largest absolute Gasteiger partial charge is 0.382 e. The number of nitrogens with one attached hydrogen (secondary N) is 1. The van der Waals surface area contributed by atoms with Crippen molar-refractivity contribution in [2.45, 2.75) is 52.1 Å². The lowest BCUT2D eigenvalue weighted by Crippen LogP contribution is -2.24. The molecule has 1 saturated carbocycles. The highest BCUT2D eigenvalue weighted by Gasteiger charge is 2.42. The molecule has 2 nitrogen and oxygen atoms in total. The van der Waals surface area contributed by atoms with Crippen LogP contribution in [-0.2, 0) is 6.54 Å². The van der Waals surface area contributed by atoms with Gasteiger partial charge in [-0.1, -0.05) is 19.1 Å². The summed E-state index contributed by atoms with van der Waals surface area (Å²) in [7, 11) is 0. The number of hydrogen-bond donors (Lipinski definition) is 1. The summed E-state index contributed by atoms with van der Waals surface area (Å²) < 4.78 is 0. The van der Waals surface area contributed by atoms with Gasteiger partial charge in [-0.05, 0) is 68.8 Å². The number of rotatable bonds is 5. The minimum absolute atomic E-state index is 0.536. The molecule has 1 saturated heterocycles. The van der Waals surface area contributed by atoms with E-state index in [0.29, 0.717) is 11.5 Å². The molecule has 0 bridgehead atoms. The Morgan fingerprint density at radius 2 is 1.79 bits per heavy atom. The van der Waals surface area contributed by atoms with Crippen LogP contribution in [-0.4, -0.2) is 24.0 Å². The summed E-state index contributed by atoms with van der Waals surface area (Å²) >= 11 is 0. The van der Waals surface area contributed by atoms with E-state index in [1.807, 2.05) is 0 Å². The van der Waals surface area contributed by atoms with E-state index >= 15 is 0 Å². The molecule has 1 aromatic rings. The molecule has 1 aromatic carbocycles. The van der Waals surface area contributed by atoms with Gasteiger partial charge in [0.2, 0.25) is 0 Å². The lowest BCUT2D eigenvalue weighted by molar-refractivity contribution is 0.331. The van der Waals surface area contributed by atoms with Crippen molar-refractivity contribution in [1.29, 1.82) is 0 Å². The molecule has 0 aromatic heterocycles. The first-order chi connectivity index (χ1) is 9.16. The summed E-state index contributed by atoms with van der Waals surface area (Å²) in [5.74, 6) is 0. The third kappa shape index (κ3) is 3.11. The summed E-state index contributed by atoms with van der Waals surface area (Å²) in [6.07, 6.45) is 5.48. The smallest absolute Gasteiger partial charge is 0.0342 e. The number of hydrogen-bond acceptors (Lipinski definition) is 2. The summed E-state index contributed by atoms with van der Waals surface area (Å²) in [5.41, 5.74) is 3.25. The van der Waals surface area contributed by atoms with Gasteiger partial charge in [-0.3, -0.25) is 4.90 Å². The van der Waals surface area contributed by atoms with Crippen molar-refractivity contribution >= 4 is 5.69 Å². The maximum absolute atomic E-state index is 3.65. The van der Waals surface area contributed by atoms with Gasteiger partial charge in [0.05, 0.1) is 0 Å². The average Bonchev–Trinajstić information content (AvgIpc) is 2.96. The van der Waals surface area contributed by atoms with Gasteiger partial charge < -0.3 is 5.32 Å². The van der Waals surface area contributed by atoms with Gasteiger partial charge in [0.1, 0.15) is 0 Å². The Hall–Kier alpha value is -1.02. The molecule has 2 fully saturated rings. The molecule has 1 aliphatic carbocycles. The van der Waals surface area contributed by atoms with Crippen LogP contribution in [0.1, 0.15) is 45.1 Å². The zero-order chi connectivity index (χ0) is 13.3. The van der Waals surface area contributed by atoms with Gasteiger partial charge in [0, 0.05) is 18.3 Å². The summed E-state index contributed by atoms with van der Waals surface area (Å²) in [6.45, 7) is 8.36.